The highest BCUT2D eigenvalue weighted by atomic mass is 16.3. The van der Waals surface area contributed by atoms with E-state index in [1.54, 1.807) is 0 Å². The minimum Gasteiger partial charge on any atom is -0.456 e. The predicted molar refractivity (Wildman–Crippen MR) is 376 cm³/mol. The van der Waals surface area contributed by atoms with Crippen LogP contribution in [-0.2, 0) is 0 Å². The Hall–Kier alpha value is -12.7. The third kappa shape index (κ3) is 8.85. The van der Waals surface area contributed by atoms with Gasteiger partial charge in [0.25, 0.3) is 0 Å². The van der Waals surface area contributed by atoms with Crippen LogP contribution in [0.4, 0.5) is 0 Å². The molecule has 0 atom stereocenters. The summed E-state index contributed by atoms with van der Waals surface area (Å²) in [6.45, 7) is 0. The molecular weight excluding hydrogens is 1140 g/mol. The number of furan rings is 3. The van der Waals surface area contributed by atoms with Crippen molar-refractivity contribution in [2.24, 2.45) is 0 Å². The van der Waals surface area contributed by atoms with Crippen molar-refractivity contribution in [1.82, 2.24) is 29.9 Å². The molecule has 0 bridgehead atoms. The molecule has 0 spiro atoms. The highest BCUT2D eigenvalue weighted by Gasteiger charge is 2.22. The number of aromatic nitrogens is 6. The summed E-state index contributed by atoms with van der Waals surface area (Å²) in [6.07, 6.45) is 0. The van der Waals surface area contributed by atoms with Gasteiger partial charge in [-0.1, -0.05) is 212 Å². The van der Waals surface area contributed by atoms with E-state index in [9.17, 15) is 0 Å². The molecule has 0 fully saturated rings. The summed E-state index contributed by atoms with van der Waals surface area (Å²) in [7, 11) is 0. The molecule has 9 nitrogen and oxygen atoms in total. The lowest BCUT2D eigenvalue weighted by molar-refractivity contribution is 0.668. The van der Waals surface area contributed by atoms with Gasteiger partial charge < -0.3 is 13.3 Å². The van der Waals surface area contributed by atoms with Gasteiger partial charge in [-0.3, -0.25) is 0 Å². The van der Waals surface area contributed by atoms with Gasteiger partial charge in [0.05, 0.1) is 0 Å². The van der Waals surface area contributed by atoms with Gasteiger partial charge in [0.2, 0.25) is 0 Å². The van der Waals surface area contributed by atoms with Crippen molar-refractivity contribution in [3.05, 3.63) is 291 Å². The Kier molecular flexibility index (Phi) is 11.8. The average molecular weight is 1190 g/mol. The summed E-state index contributed by atoms with van der Waals surface area (Å²) >= 11 is 0. The van der Waals surface area contributed by atoms with Gasteiger partial charge in [-0.2, -0.15) is 0 Å². The maximum atomic E-state index is 6.81. The lowest BCUT2D eigenvalue weighted by atomic mass is 9.92. The van der Waals surface area contributed by atoms with Gasteiger partial charge in [-0.25, -0.2) is 29.9 Å². The van der Waals surface area contributed by atoms with Gasteiger partial charge in [0.1, 0.15) is 33.5 Å². The fourth-order valence-electron chi connectivity index (χ4n) is 13.7. The monoisotopic (exact) mass is 1190 g/mol. The Morgan fingerprint density at radius 3 is 1.08 bits per heavy atom. The molecule has 14 aromatic carbocycles. The molecule has 0 N–H and O–H groups in total. The minimum absolute atomic E-state index is 0.519. The maximum absolute atomic E-state index is 6.81. The molecule has 0 saturated carbocycles. The number of hydrogen-bond donors (Lipinski definition) is 0. The summed E-state index contributed by atoms with van der Waals surface area (Å²) in [5.74, 6) is 3.26. The van der Waals surface area contributed by atoms with Crippen LogP contribution in [0.1, 0.15) is 0 Å². The SMILES string of the molecule is c1ccc(-c2cccc(-c3nc(-c4ccc5c(c4)oc4ccccc45)nc(-c4ccc5c(c4)oc4cc(-c6cccc(-c7nc(-c8ccccc8)nc(-c8cccc9oc%10ccc(-c%11ccc%12c%13ccccc%13c%13ccccc%13c%12c%11)cc%10c89)n7)c6)ccc45)n3)c2)cc1. The van der Waals surface area contributed by atoms with E-state index in [1.165, 1.54) is 32.3 Å². The molecule has 19 aromatic rings. The quantitative estimate of drug-likeness (QED) is 0.130. The molecule has 93 heavy (non-hydrogen) atoms. The van der Waals surface area contributed by atoms with Gasteiger partial charge in [-0.15, -0.1) is 0 Å². The van der Waals surface area contributed by atoms with Gasteiger partial charge >= 0.3 is 0 Å². The third-order valence-electron chi connectivity index (χ3n) is 18.2. The van der Waals surface area contributed by atoms with Crippen molar-refractivity contribution < 1.29 is 13.3 Å². The highest BCUT2D eigenvalue weighted by Crippen LogP contribution is 2.43. The zero-order chi connectivity index (χ0) is 61.1. The number of fused-ring (bicyclic) bond motifs is 15. The predicted octanol–water partition coefficient (Wildman–Crippen LogP) is 22.2. The summed E-state index contributed by atoms with van der Waals surface area (Å²) in [6, 6.07) is 101. The molecule has 0 aliphatic heterocycles. The fourth-order valence-corrected chi connectivity index (χ4v) is 13.7. The van der Waals surface area contributed by atoms with Crippen LogP contribution in [0.3, 0.4) is 0 Å². The number of para-hydroxylation sites is 1. The Labute approximate surface area is 531 Å². The maximum Gasteiger partial charge on any atom is 0.164 e. The zero-order valence-corrected chi connectivity index (χ0v) is 49.6. The van der Waals surface area contributed by atoms with Gasteiger partial charge in [0, 0.05) is 65.7 Å². The van der Waals surface area contributed by atoms with E-state index in [2.05, 4.69) is 188 Å². The summed E-state index contributed by atoms with van der Waals surface area (Å²) < 4.78 is 19.8. The first-order valence-corrected chi connectivity index (χ1v) is 31.0. The zero-order valence-electron chi connectivity index (χ0n) is 49.6. The lowest BCUT2D eigenvalue weighted by Crippen LogP contribution is -2.00. The van der Waals surface area contributed by atoms with Crippen molar-refractivity contribution in [2.75, 3.05) is 0 Å². The first-order valence-electron chi connectivity index (χ1n) is 31.0. The molecule has 5 aromatic heterocycles. The van der Waals surface area contributed by atoms with Crippen LogP contribution in [0.5, 0.6) is 0 Å². The van der Waals surface area contributed by atoms with Gasteiger partial charge in [-0.05, 0) is 145 Å². The van der Waals surface area contributed by atoms with E-state index >= 15 is 0 Å². The molecule has 0 amide bonds. The second-order valence-corrected chi connectivity index (χ2v) is 23.7. The van der Waals surface area contributed by atoms with Crippen LogP contribution in [0.2, 0.25) is 0 Å². The fraction of sp³-hybridized carbons (Fsp3) is 0. The topological polar surface area (TPSA) is 117 Å². The van der Waals surface area contributed by atoms with E-state index in [1.807, 2.05) is 103 Å². The van der Waals surface area contributed by atoms with Gasteiger partial charge in [0.15, 0.2) is 34.9 Å². The standard InChI is InChI=1S/C84H48N6O3/c1-3-16-49(17-4-1)51-20-13-22-56(42-51)80-86-82(58-34-39-66-65-28-11-12-30-72(65)92-76(66)47-58)88-83(87-80)59-35-40-68-67-38-33-55(46-75(67)93-77(68)48-59)52-21-14-23-57(43-52)81-85-79(50-18-5-2-6-19-50)89-84(90-81)69-29-15-31-74-78(69)71-45-54(36-41-73(71)91-74)53-32-37-64-62-26-8-7-24-60(62)61-25-9-10-27-63(61)70(64)44-53/h1-48H. The van der Waals surface area contributed by atoms with E-state index in [0.29, 0.717) is 40.5 Å². The molecule has 0 aliphatic rings. The highest BCUT2D eigenvalue weighted by molar-refractivity contribution is 6.26. The number of nitrogens with zero attached hydrogens (tertiary/aromatic N) is 6. The Balaban J connectivity index is 0.687. The third-order valence-corrected chi connectivity index (χ3v) is 18.2. The van der Waals surface area contributed by atoms with Crippen molar-refractivity contribution in [1.29, 1.82) is 0 Å². The summed E-state index contributed by atoms with van der Waals surface area (Å²) in [5.41, 5.74) is 16.0. The van der Waals surface area contributed by atoms with E-state index in [4.69, 9.17) is 43.2 Å². The Morgan fingerprint density at radius 1 is 0.161 bits per heavy atom. The van der Waals surface area contributed by atoms with Crippen LogP contribution < -0.4 is 0 Å². The molecule has 9 heteroatoms. The minimum atomic E-state index is 0.519. The Morgan fingerprint density at radius 2 is 0.484 bits per heavy atom. The van der Waals surface area contributed by atoms with Crippen molar-refractivity contribution in [3.63, 3.8) is 0 Å². The molecule has 5 heterocycles. The van der Waals surface area contributed by atoms with Crippen molar-refractivity contribution in [2.45, 2.75) is 0 Å². The smallest absolute Gasteiger partial charge is 0.164 e. The summed E-state index contributed by atoms with van der Waals surface area (Å²) in [4.78, 5) is 31.2. The molecule has 0 saturated heterocycles. The first kappa shape index (κ1) is 52.2. The number of benzene rings is 14. The average Bonchev–Trinajstić information content (AvgIpc) is 1.30. The van der Waals surface area contributed by atoms with Crippen LogP contribution in [0, 0.1) is 0 Å². The largest absolute Gasteiger partial charge is 0.456 e. The lowest BCUT2D eigenvalue weighted by Gasteiger charge is -2.12. The van der Waals surface area contributed by atoms with E-state index < -0.39 is 0 Å². The molecular formula is C84H48N6O3. The second-order valence-electron chi connectivity index (χ2n) is 23.7. The van der Waals surface area contributed by atoms with E-state index in [-0.39, 0.29) is 0 Å². The number of rotatable bonds is 9. The van der Waals surface area contributed by atoms with E-state index in [0.717, 1.165) is 127 Å². The molecule has 0 aliphatic carbocycles. The molecule has 0 radical (unpaired) electrons. The van der Waals surface area contributed by atoms with Crippen LogP contribution >= 0.6 is 0 Å². The van der Waals surface area contributed by atoms with Crippen molar-refractivity contribution in [3.8, 4) is 102 Å². The molecule has 432 valence electrons. The normalized spacial score (nSPS) is 11.9. The molecule has 0 unspecified atom stereocenters. The second kappa shape index (κ2) is 20.9. The van der Waals surface area contributed by atoms with Crippen LogP contribution in [0.25, 0.3) is 200 Å². The molecule has 19 rings (SSSR count). The van der Waals surface area contributed by atoms with Crippen LogP contribution in [-0.4, -0.2) is 29.9 Å². The summed E-state index contributed by atoms with van der Waals surface area (Å²) in [5, 5.41) is 13.4. The van der Waals surface area contributed by atoms with Crippen molar-refractivity contribution >= 4 is 98.1 Å². The van der Waals surface area contributed by atoms with Crippen LogP contribution in [0.15, 0.2) is 304 Å². The number of hydrogen-bond acceptors (Lipinski definition) is 9. The first-order chi connectivity index (χ1) is 46.0. The Bertz CT molecular complexity index is 6230.